The zero-order chi connectivity index (χ0) is 27.1. The molecule has 5 N–H and O–H groups in total. The van der Waals surface area contributed by atoms with Crippen LogP contribution in [0, 0.1) is 22.6 Å². The lowest BCUT2D eigenvalue weighted by atomic mass is 9.69. The quantitative estimate of drug-likeness (QED) is 0.263. The van der Waals surface area contributed by atoms with Crippen molar-refractivity contribution >= 4 is 41.7 Å². The summed E-state index contributed by atoms with van der Waals surface area (Å²) in [5, 5.41) is 29.2. The Hall–Kier alpha value is -3.52. The minimum Gasteiger partial charge on any atom is -0.396 e. The number of hydrogen-bond donors (Lipinski definition) is 5. The summed E-state index contributed by atoms with van der Waals surface area (Å²) in [6.45, 7) is 4.23. The van der Waals surface area contributed by atoms with E-state index in [1.54, 1.807) is 18.2 Å². The third-order valence-electron chi connectivity index (χ3n) is 6.81. The van der Waals surface area contributed by atoms with Gasteiger partial charge in [-0.25, -0.2) is 4.39 Å². The van der Waals surface area contributed by atoms with Crippen molar-refractivity contribution in [1.29, 1.82) is 5.26 Å². The summed E-state index contributed by atoms with van der Waals surface area (Å²) < 4.78 is 13.8. The van der Waals surface area contributed by atoms with Gasteiger partial charge in [0.05, 0.1) is 32.9 Å². The topological polar surface area (TPSA) is 108 Å². The van der Waals surface area contributed by atoms with Gasteiger partial charge in [-0.2, -0.15) is 5.26 Å². The Morgan fingerprint density at radius 2 is 2.03 bits per heavy atom. The van der Waals surface area contributed by atoms with Gasteiger partial charge in [0.2, 0.25) is 0 Å². The van der Waals surface area contributed by atoms with Crippen molar-refractivity contribution < 1.29 is 9.50 Å². The number of aliphatic hydroxyl groups is 1. The fourth-order valence-electron chi connectivity index (χ4n) is 4.30. The molecule has 3 aromatic rings. The van der Waals surface area contributed by atoms with Gasteiger partial charge < -0.3 is 21.2 Å². The molecule has 1 atom stereocenters. The number of aliphatic hydroxyl groups excluding tert-OH is 1. The summed E-state index contributed by atoms with van der Waals surface area (Å²) in [6, 6.07) is 12.1. The SMILES string of the molecule is [B]C(Nc1cc(Cl)c2ncc(C#N)c(NCC(C)(C)CO)c2c1)(C1=CN(C2CC2)NN1)c1ccc(F)cc1. The van der Waals surface area contributed by atoms with Gasteiger partial charge in [-0.1, -0.05) is 37.6 Å². The van der Waals surface area contributed by atoms with E-state index in [1.165, 1.54) is 18.3 Å². The van der Waals surface area contributed by atoms with Crippen LogP contribution in [-0.2, 0) is 5.44 Å². The summed E-state index contributed by atoms with van der Waals surface area (Å²) in [5.41, 5.74) is 7.86. The minimum absolute atomic E-state index is 0.0279. The number of nitriles is 1. The molecule has 11 heteroatoms. The first-order chi connectivity index (χ1) is 18.1. The summed E-state index contributed by atoms with van der Waals surface area (Å²) in [6.07, 6.45) is 5.55. The molecular formula is C27H28BClFN7O. The molecule has 0 bridgehead atoms. The summed E-state index contributed by atoms with van der Waals surface area (Å²) in [5.74, 6) is -0.368. The van der Waals surface area contributed by atoms with Crippen LogP contribution in [0.3, 0.4) is 0 Å². The average Bonchev–Trinajstić information content (AvgIpc) is 3.63. The first-order valence-corrected chi connectivity index (χ1v) is 12.7. The number of fused-ring (bicyclic) bond motifs is 1. The summed E-state index contributed by atoms with van der Waals surface area (Å²) >= 11 is 6.68. The second kappa shape index (κ2) is 9.99. The molecule has 1 saturated carbocycles. The van der Waals surface area contributed by atoms with E-state index in [-0.39, 0.29) is 12.4 Å². The van der Waals surface area contributed by atoms with Gasteiger partial charge in [-0.3, -0.25) is 9.99 Å². The van der Waals surface area contributed by atoms with Gasteiger partial charge in [0.15, 0.2) is 0 Å². The number of anilines is 2. The van der Waals surface area contributed by atoms with Gasteiger partial charge in [0, 0.05) is 48.1 Å². The van der Waals surface area contributed by atoms with Crippen molar-refractivity contribution in [2.75, 3.05) is 23.8 Å². The Balaban J connectivity index is 1.59. The number of halogens is 2. The molecule has 0 saturated heterocycles. The number of nitrogens with one attached hydrogen (secondary N) is 4. The summed E-state index contributed by atoms with van der Waals surface area (Å²) in [4.78, 5) is 4.41. The average molecular weight is 532 g/mol. The third kappa shape index (κ3) is 5.10. The van der Waals surface area contributed by atoms with Crippen LogP contribution in [0.1, 0.15) is 37.8 Å². The molecule has 1 fully saturated rings. The molecular weight excluding hydrogens is 504 g/mol. The molecule has 8 nitrogen and oxygen atoms in total. The Labute approximate surface area is 227 Å². The Morgan fingerprint density at radius 3 is 2.68 bits per heavy atom. The number of aromatic nitrogens is 1. The predicted molar refractivity (Wildman–Crippen MR) is 147 cm³/mol. The normalized spacial score (nSPS) is 16.9. The lowest BCUT2D eigenvalue weighted by molar-refractivity contribution is 0.171. The van der Waals surface area contributed by atoms with E-state index in [4.69, 9.17) is 19.4 Å². The summed E-state index contributed by atoms with van der Waals surface area (Å²) in [7, 11) is 7.03. The van der Waals surface area contributed by atoms with Crippen molar-refractivity contribution in [3.05, 3.63) is 76.5 Å². The van der Waals surface area contributed by atoms with E-state index < -0.39 is 10.9 Å². The highest BCUT2D eigenvalue weighted by molar-refractivity contribution is 6.36. The molecule has 1 unspecified atom stereocenters. The maximum absolute atomic E-state index is 13.8. The lowest BCUT2D eigenvalue weighted by Gasteiger charge is -2.34. The van der Waals surface area contributed by atoms with E-state index in [0.717, 1.165) is 12.8 Å². The highest BCUT2D eigenvalue weighted by atomic mass is 35.5. The maximum Gasteiger partial charge on any atom is 0.123 e. The van der Waals surface area contributed by atoms with Gasteiger partial charge in [0.25, 0.3) is 0 Å². The molecule has 2 aromatic carbocycles. The van der Waals surface area contributed by atoms with E-state index in [0.29, 0.717) is 56.7 Å². The molecule has 2 radical (unpaired) electrons. The molecule has 0 spiro atoms. The fourth-order valence-corrected chi connectivity index (χ4v) is 4.57. The Bertz CT molecular complexity index is 1440. The standard InChI is InChI=1S/C27H28BClFN7O/c1-26(2,15-38)14-33-24-16(11-31)12-32-25-21(24)9-19(10-22(25)29)34-27(28,17-3-5-18(30)6-4-17)23-13-37(36-35-23)20-7-8-20/h3-6,9-10,12-13,20,34-36,38H,7-8,14-15H2,1-2H3,(H,32,33). The van der Waals surface area contributed by atoms with E-state index in [9.17, 15) is 14.8 Å². The largest absolute Gasteiger partial charge is 0.396 e. The number of pyridine rings is 1. The van der Waals surface area contributed by atoms with Crippen LogP contribution in [0.15, 0.2) is 54.5 Å². The maximum atomic E-state index is 13.8. The van der Waals surface area contributed by atoms with Gasteiger partial charge in [-0.05, 0) is 42.7 Å². The first-order valence-electron chi connectivity index (χ1n) is 12.4. The third-order valence-corrected chi connectivity index (χ3v) is 7.10. The van der Waals surface area contributed by atoms with Crippen LogP contribution in [0.4, 0.5) is 15.8 Å². The predicted octanol–water partition coefficient (Wildman–Crippen LogP) is 4.09. The fraction of sp³-hybridized carbons (Fsp3) is 0.333. The van der Waals surface area contributed by atoms with E-state index >= 15 is 0 Å². The second-order valence-corrected chi connectivity index (χ2v) is 11.0. The minimum atomic E-state index is -1.28. The van der Waals surface area contributed by atoms with Crippen molar-refractivity contribution in [3.63, 3.8) is 0 Å². The van der Waals surface area contributed by atoms with Crippen LogP contribution < -0.4 is 21.6 Å². The molecule has 0 amide bonds. The molecule has 5 rings (SSSR count). The molecule has 1 aliphatic carbocycles. The number of nitrogens with zero attached hydrogens (tertiary/aromatic N) is 3. The van der Waals surface area contributed by atoms with Gasteiger partial charge >= 0.3 is 0 Å². The van der Waals surface area contributed by atoms with Crippen LogP contribution in [0.25, 0.3) is 10.9 Å². The number of rotatable bonds is 9. The first kappa shape index (κ1) is 26.1. The van der Waals surface area contributed by atoms with Crippen LogP contribution >= 0.6 is 11.6 Å². The number of hydrazine groups is 2. The van der Waals surface area contributed by atoms with Crippen LogP contribution in [0.2, 0.25) is 5.02 Å². The highest BCUT2D eigenvalue weighted by Gasteiger charge is 2.37. The molecule has 1 aromatic heterocycles. The molecule has 2 heterocycles. The Kier molecular flexibility index (Phi) is 6.86. The molecule has 2 aliphatic rings. The van der Waals surface area contributed by atoms with E-state index in [1.807, 2.05) is 31.1 Å². The molecule has 38 heavy (non-hydrogen) atoms. The smallest absolute Gasteiger partial charge is 0.123 e. The second-order valence-electron chi connectivity index (χ2n) is 10.5. The van der Waals surface area contributed by atoms with Crippen LogP contribution in [0.5, 0.6) is 0 Å². The van der Waals surface area contributed by atoms with Crippen molar-refractivity contribution in [1.82, 2.24) is 21.0 Å². The highest BCUT2D eigenvalue weighted by Crippen LogP contribution is 2.38. The van der Waals surface area contributed by atoms with E-state index in [2.05, 4.69) is 32.6 Å². The Morgan fingerprint density at radius 1 is 1.29 bits per heavy atom. The van der Waals surface area contributed by atoms with Crippen molar-refractivity contribution in [3.8, 4) is 6.07 Å². The number of hydrogen-bond acceptors (Lipinski definition) is 8. The number of benzene rings is 2. The zero-order valence-corrected chi connectivity index (χ0v) is 21.9. The monoisotopic (exact) mass is 531 g/mol. The molecule has 194 valence electrons. The molecule has 1 aliphatic heterocycles. The van der Waals surface area contributed by atoms with Gasteiger partial charge in [0.1, 0.15) is 19.7 Å². The van der Waals surface area contributed by atoms with Crippen molar-refractivity contribution in [2.45, 2.75) is 38.2 Å². The van der Waals surface area contributed by atoms with Crippen molar-refractivity contribution in [2.24, 2.45) is 5.41 Å². The zero-order valence-electron chi connectivity index (χ0n) is 21.1. The lowest BCUT2D eigenvalue weighted by Crippen LogP contribution is -2.45. The van der Waals surface area contributed by atoms with Gasteiger partial charge in [-0.15, -0.1) is 5.53 Å². The van der Waals surface area contributed by atoms with Crippen LogP contribution in [-0.4, -0.2) is 42.1 Å².